The molecule has 5 saturated heterocycles. The monoisotopic (exact) mass is 819 g/mol. The van der Waals surface area contributed by atoms with Gasteiger partial charge in [-0.1, -0.05) is 12.1 Å². The lowest BCUT2D eigenvalue weighted by molar-refractivity contribution is -0.136. The maximum atomic E-state index is 13.3. The molecule has 17 nitrogen and oxygen atoms in total. The Morgan fingerprint density at radius 1 is 0.883 bits per heavy atom. The minimum atomic E-state index is -0.970. The number of rotatable bonds is 11. The summed E-state index contributed by atoms with van der Waals surface area (Å²) in [6, 6.07) is 12.8. The van der Waals surface area contributed by atoms with Gasteiger partial charge in [0.05, 0.1) is 23.4 Å². The van der Waals surface area contributed by atoms with Gasteiger partial charge in [-0.05, 0) is 106 Å². The molecule has 1 aromatic heterocycles. The Morgan fingerprint density at radius 2 is 1.65 bits per heavy atom. The number of likely N-dealkylation sites (tertiary alicyclic amines) is 1. The van der Waals surface area contributed by atoms with Crippen LogP contribution >= 0.6 is 0 Å². The molecule has 1 unspecified atom stereocenters. The van der Waals surface area contributed by atoms with Gasteiger partial charge >= 0.3 is 6.03 Å². The normalized spacial score (nSPS) is 23.0. The van der Waals surface area contributed by atoms with Gasteiger partial charge in [0.25, 0.3) is 17.7 Å². The van der Waals surface area contributed by atoms with Crippen LogP contribution < -0.4 is 26.2 Å². The number of amides is 7. The highest BCUT2D eigenvalue weighted by Gasteiger charge is 2.45. The molecule has 6 aliphatic heterocycles. The summed E-state index contributed by atoms with van der Waals surface area (Å²) < 4.78 is 0. The first kappa shape index (κ1) is 39.4. The molecule has 0 aliphatic carbocycles. The topological polar surface area (TPSA) is 198 Å². The molecule has 2 atom stereocenters. The first-order valence-corrected chi connectivity index (χ1v) is 21.1. The standard InChI is InChI=1S/C43H51N11O6.H2/c1-49-19-20-53(43(49)60)31-3-2-15-51(25-31)35-22-45-37(38(44)56)39(47-35)46-29-6-4-27(5-7-29)28-13-17-50(18-14-28)16-12-26-23-52(24-26)30-8-9-32-33(21-30)42(59)54(41(32)58)34-10-11-36(55)48-40(34)57;/h4-9,21-22,26,28,31,34H,2-3,10-20,23-25H2,1H3,(H2,44,56)(H,46,47)(H,48,55,57);1H/t31-,34?;/m1./s1. The van der Waals surface area contributed by atoms with Gasteiger partial charge in [0.15, 0.2) is 11.5 Å². The van der Waals surface area contributed by atoms with Crippen molar-refractivity contribution in [2.24, 2.45) is 11.7 Å². The molecule has 9 rings (SSSR count). The third-order valence-corrected chi connectivity index (χ3v) is 13.2. The van der Waals surface area contributed by atoms with Crippen molar-refractivity contribution in [3.63, 3.8) is 0 Å². The van der Waals surface area contributed by atoms with Crippen LogP contribution in [-0.2, 0) is 9.59 Å². The second-order valence-corrected chi connectivity index (χ2v) is 17.0. The van der Waals surface area contributed by atoms with E-state index in [0.717, 1.165) is 101 Å². The predicted molar refractivity (Wildman–Crippen MR) is 224 cm³/mol. The van der Waals surface area contributed by atoms with Crippen LogP contribution in [0.25, 0.3) is 0 Å². The maximum absolute atomic E-state index is 13.3. The Hall–Kier alpha value is -6.10. The lowest BCUT2D eigenvalue weighted by Gasteiger charge is -2.42. The van der Waals surface area contributed by atoms with E-state index in [-0.39, 0.29) is 32.0 Å². The first-order valence-electron chi connectivity index (χ1n) is 21.1. The summed E-state index contributed by atoms with van der Waals surface area (Å²) in [6.07, 6.45) is 6.89. The Bertz CT molecular complexity index is 2230. The zero-order valence-corrected chi connectivity index (χ0v) is 33.8. The minimum absolute atomic E-state index is 0. The van der Waals surface area contributed by atoms with Crippen LogP contribution in [0.15, 0.2) is 48.7 Å². The van der Waals surface area contributed by atoms with Crippen molar-refractivity contribution in [2.45, 2.75) is 62.9 Å². The fraction of sp³-hybridized carbons (Fsp3) is 0.488. The van der Waals surface area contributed by atoms with E-state index in [1.165, 1.54) is 5.56 Å². The van der Waals surface area contributed by atoms with Crippen molar-refractivity contribution in [3.05, 3.63) is 71.0 Å². The summed E-state index contributed by atoms with van der Waals surface area (Å²) in [6.45, 7) is 7.72. The molecule has 316 valence electrons. The van der Waals surface area contributed by atoms with Crippen LogP contribution in [0, 0.1) is 5.92 Å². The molecule has 0 radical (unpaired) electrons. The highest BCUT2D eigenvalue weighted by Crippen LogP contribution is 2.35. The van der Waals surface area contributed by atoms with E-state index in [1.54, 1.807) is 23.2 Å². The number of primary amides is 1. The molecule has 4 N–H and O–H groups in total. The maximum Gasteiger partial charge on any atom is 0.320 e. The second kappa shape index (κ2) is 16.2. The number of nitrogens with zero attached hydrogens (tertiary/aromatic N) is 8. The Morgan fingerprint density at radius 3 is 2.37 bits per heavy atom. The number of hydrogen-bond donors (Lipinski definition) is 3. The van der Waals surface area contributed by atoms with Gasteiger partial charge in [-0.15, -0.1) is 0 Å². The molecule has 5 fully saturated rings. The van der Waals surface area contributed by atoms with E-state index in [0.29, 0.717) is 41.1 Å². The lowest BCUT2D eigenvalue weighted by atomic mass is 9.88. The number of benzene rings is 2. The summed E-state index contributed by atoms with van der Waals surface area (Å²) >= 11 is 0. The fourth-order valence-electron chi connectivity index (χ4n) is 9.67. The number of hydrogen-bond acceptors (Lipinski definition) is 12. The van der Waals surface area contributed by atoms with Gasteiger partial charge in [-0.25, -0.2) is 14.8 Å². The quantitative estimate of drug-likeness (QED) is 0.240. The second-order valence-electron chi connectivity index (χ2n) is 17.0. The molecule has 0 bridgehead atoms. The average Bonchev–Trinajstić information content (AvgIpc) is 3.70. The molecule has 60 heavy (non-hydrogen) atoms. The molecule has 6 aliphatic rings. The Labute approximate surface area is 349 Å². The summed E-state index contributed by atoms with van der Waals surface area (Å²) in [7, 11) is 1.83. The van der Waals surface area contributed by atoms with Crippen molar-refractivity contribution in [2.75, 3.05) is 81.1 Å². The van der Waals surface area contributed by atoms with E-state index in [1.807, 2.05) is 30.1 Å². The minimum Gasteiger partial charge on any atom is -0.371 e. The van der Waals surface area contributed by atoms with Crippen molar-refractivity contribution < 1.29 is 30.2 Å². The Kier molecular flexibility index (Phi) is 10.6. The first-order chi connectivity index (χ1) is 29.0. The van der Waals surface area contributed by atoms with Crippen LogP contribution in [-0.4, -0.2) is 143 Å². The van der Waals surface area contributed by atoms with Crippen LogP contribution in [0.2, 0.25) is 0 Å². The number of fused-ring (bicyclic) bond motifs is 1. The summed E-state index contributed by atoms with van der Waals surface area (Å²) in [5.41, 5.74) is 9.35. The SMILES string of the molecule is CN1CCN([C@@H]2CCCN(c3cnc(C(N)=O)c(Nc4ccc(C5CCN(CCC6CN(c7ccc8c(c7)C(=O)N(C7CCC(=O)NC7=O)C8=O)C6)CC5)cc4)n3)C2)C1=O.[HH]. The molecule has 17 heteroatoms. The van der Waals surface area contributed by atoms with Gasteiger partial charge in [0, 0.05) is 65.5 Å². The zero-order valence-electron chi connectivity index (χ0n) is 33.8. The number of carbonyl (C=O) groups is 6. The molecule has 7 heterocycles. The van der Waals surface area contributed by atoms with Crippen LogP contribution in [0.3, 0.4) is 0 Å². The van der Waals surface area contributed by atoms with E-state index < -0.39 is 35.6 Å². The van der Waals surface area contributed by atoms with Gasteiger partial charge < -0.3 is 35.6 Å². The Balaban J connectivity index is 0.00000514. The van der Waals surface area contributed by atoms with E-state index in [9.17, 15) is 28.8 Å². The van der Waals surface area contributed by atoms with E-state index in [2.05, 4.69) is 42.5 Å². The molecule has 7 amide bonds. The molecule has 3 aromatic rings. The number of aromatic nitrogens is 2. The van der Waals surface area contributed by atoms with Crippen molar-refractivity contribution in [1.82, 2.24) is 34.9 Å². The van der Waals surface area contributed by atoms with Gasteiger partial charge in [0.2, 0.25) is 11.8 Å². The number of likely N-dealkylation sites (N-methyl/N-ethyl adjacent to an activating group) is 1. The van der Waals surface area contributed by atoms with Crippen molar-refractivity contribution in [1.29, 1.82) is 0 Å². The van der Waals surface area contributed by atoms with Gasteiger partial charge in [-0.2, -0.15) is 0 Å². The zero-order chi connectivity index (χ0) is 41.7. The number of imide groups is 2. The molecule has 2 aromatic carbocycles. The van der Waals surface area contributed by atoms with E-state index in [4.69, 9.17) is 10.7 Å². The van der Waals surface area contributed by atoms with Gasteiger partial charge in [-0.3, -0.25) is 34.2 Å². The molecule has 0 spiro atoms. The summed E-state index contributed by atoms with van der Waals surface area (Å²) in [5.74, 6) is -0.688. The fourth-order valence-corrected chi connectivity index (χ4v) is 9.67. The smallest absolute Gasteiger partial charge is 0.320 e. The van der Waals surface area contributed by atoms with Crippen molar-refractivity contribution >= 4 is 58.6 Å². The van der Waals surface area contributed by atoms with Gasteiger partial charge in [0.1, 0.15) is 11.9 Å². The summed E-state index contributed by atoms with van der Waals surface area (Å²) in [5, 5.41) is 5.54. The number of nitrogens with two attached hydrogens (primary N) is 1. The number of anilines is 4. The number of piperidine rings is 3. The highest BCUT2D eigenvalue weighted by atomic mass is 16.2. The summed E-state index contributed by atoms with van der Waals surface area (Å²) in [4.78, 5) is 96.2. The highest BCUT2D eigenvalue weighted by molar-refractivity contribution is 6.23. The van der Waals surface area contributed by atoms with Crippen LogP contribution in [0.4, 0.5) is 27.8 Å². The number of carbonyl (C=O) groups excluding carboxylic acids is 6. The molecule has 0 saturated carbocycles. The van der Waals surface area contributed by atoms with Crippen LogP contribution in [0.5, 0.6) is 0 Å². The lowest BCUT2D eigenvalue weighted by Crippen LogP contribution is -2.54. The largest absolute Gasteiger partial charge is 0.371 e. The third-order valence-electron chi connectivity index (χ3n) is 13.2. The predicted octanol–water partition coefficient (Wildman–Crippen LogP) is 3.01. The number of urea groups is 1. The van der Waals surface area contributed by atoms with Crippen LogP contribution in [0.1, 0.15) is 89.1 Å². The average molecular weight is 820 g/mol. The third kappa shape index (κ3) is 7.61. The van der Waals surface area contributed by atoms with E-state index >= 15 is 0 Å². The molecular weight excluding hydrogens is 767 g/mol. The number of nitrogens with one attached hydrogen (secondary N) is 2. The van der Waals surface area contributed by atoms with Crippen molar-refractivity contribution in [3.8, 4) is 0 Å². The molecular formula is C43H53N11O6.